The van der Waals surface area contributed by atoms with Gasteiger partial charge in [-0.15, -0.1) is 11.8 Å². The molecule has 1 aromatic heterocycles. The maximum absolute atomic E-state index is 12.3. The molecule has 0 saturated carbocycles. The molecule has 1 aromatic carbocycles. The molecule has 0 aliphatic rings. The van der Waals surface area contributed by atoms with Crippen molar-refractivity contribution in [1.29, 1.82) is 5.26 Å². The number of nitrogens with one attached hydrogen (secondary N) is 1. The second kappa shape index (κ2) is 9.59. The number of unbranched alkanes of at least 4 members (excludes halogenated alkanes) is 2. The summed E-state index contributed by atoms with van der Waals surface area (Å²) in [6.07, 6.45) is 4.95. The average molecular weight is 369 g/mol. The number of carboxylic acid groups (broad SMARTS) is 1. The van der Waals surface area contributed by atoms with Crippen LogP contribution in [0, 0.1) is 11.3 Å². The fourth-order valence-electron chi connectivity index (χ4n) is 2.22. The van der Waals surface area contributed by atoms with Gasteiger partial charge in [0, 0.05) is 6.20 Å². The Kier molecular flexibility index (Phi) is 7.18. The molecule has 1 amide bonds. The number of thioether (sulfide) groups is 1. The highest BCUT2D eigenvalue weighted by Crippen LogP contribution is 2.20. The number of pyridine rings is 1. The molecule has 0 spiro atoms. The summed E-state index contributed by atoms with van der Waals surface area (Å²) in [5.41, 5.74) is 0.558. The predicted molar refractivity (Wildman–Crippen MR) is 101 cm³/mol. The molecule has 7 heteroatoms. The van der Waals surface area contributed by atoms with E-state index in [4.69, 9.17) is 5.26 Å². The summed E-state index contributed by atoms with van der Waals surface area (Å²) in [4.78, 5) is 27.9. The molecule has 0 aliphatic heterocycles. The minimum Gasteiger partial charge on any atom is -0.478 e. The number of benzene rings is 1. The van der Waals surface area contributed by atoms with E-state index in [1.54, 1.807) is 23.9 Å². The Morgan fingerprint density at radius 1 is 1.27 bits per heavy atom. The summed E-state index contributed by atoms with van der Waals surface area (Å²) in [7, 11) is 0. The predicted octanol–water partition coefficient (Wildman–Crippen LogP) is 4.19. The molecule has 0 radical (unpaired) electrons. The highest BCUT2D eigenvalue weighted by atomic mass is 32.2. The van der Waals surface area contributed by atoms with Crippen LogP contribution in [0.2, 0.25) is 0 Å². The van der Waals surface area contributed by atoms with E-state index in [9.17, 15) is 14.7 Å². The van der Waals surface area contributed by atoms with Crippen LogP contribution < -0.4 is 5.32 Å². The molecule has 0 fully saturated rings. The molecule has 0 saturated heterocycles. The van der Waals surface area contributed by atoms with Crippen LogP contribution >= 0.6 is 11.8 Å². The molecule has 0 unspecified atom stereocenters. The van der Waals surface area contributed by atoms with Gasteiger partial charge in [-0.2, -0.15) is 5.26 Å². The topological polar surface area (TPSA) is 103 Å². The van der Waals surface area contributed by atoms with Crippen molar-refractivity contribution in [3.8, 4) is 6.07 Å². The lowest BCUT2D eigenvalue weighted by atomic mass is 10.1. The number of aromatic nitrogens is 1. The Hall–Kier alpha value is -2.85. The fourth-order valence-corrected chi connectivity index (χ4v) is 3.07. The smallest absolute Gasteiger partial charge is 0.337 e. The second-order valence-corrected chi connectivity index (χ2v) is 6.69. The zero-order valence-corrected chi connectivity index (χ0v) is 15.2. The first kappa shape index (κ1) is 19.5. The summed E-state index contributed by atoms with van der Waals surface area (Å²) in [6, 6.07) is 9.41. The van der Waals surface area contributed by atoms with E-state index in [0.29, 0.717) is 5.56 Å². The third-order valence-electron chi connectivity index (χ3n) is 3.62. The average Bonchev–Trinajstić information content (AvgIpc) is 2.65. The first-order chi connectivity index (χ1) is 12.5. The van der Waals surface area contributed by atoms with Gasteiger partial charge in [0.2, 0.25) is 0 Å². The summed E-state index contributed by atoms with van der Waals surface area (Å²) >= 11 is 1.64. The van der Waals surface area contributed by atoms with Crippen molar-refractivity contribution in [2.75, 3.05) is 11.1 Å². The van der Waals surface area contributed by atoms with Gasteiger partial charge in [-0.3, -0.25) is 4.79 Å². The van der Waals surface area contributed by atoms with Gasteiger partial charge in [0.25, 0.3) is 5.91 Å². The van der Waals surface area contributed by atoms with Crippen LogP contribution in [0.5, 0.6) is 0 Å². The van der Waals surface area contributed by atoms with Crippen LogP contribution in [0.25, 0.3) is 0 Å². The van der Waals surface area contributed by atoms with Gasteiger partial charge in [0.15, 0.2) is 0 Å². The number of anilines is 1. The number of nitrogens with zero attached hydrogens (tertiary/aromatic N) is 2. The van der Waals surface area contributed by atoms with Gasteiger partial charge in [-0.05, 0) is 42.5 Å². The molecule has 2 rings (SSSR count). The normalized spacial score (nSPS) is 10.2. The summed E-state index contributed by atoms with van der Waals surface area (Å²) < 4.78 is 0. The van der Waals surface area contributed by atoms with Crippen LogP contribution in [0.4, 0.5) is 5.69 Å². The van der Waals surface area contributed by atoms with Crippen LogP contribution in [-0.2, 0) is 0 Å². The van der Waals surface area contributed by atoms with Gasteiger partial charge in [-0.25, -0.2) is 9.78 Å². The van der Waals surface area contributed by atoms with Gasteiger partial charge in [0.05, 0.1) is 33.5 Å². The maximum Gasteiger partial charge on any atom is 0.337 e. The van der Waals surface area contributed by atoms with E-state index in [0.717, 1.165) is 17.2 Å². The molecule has 0 atom stereocenters. The molecular formula is C19H19N3O3S. The van der Waals surface area contributed by atoms with E-state index in [1.807, 2.05) is 6.07 Å². The van der Waals surface area contributed by atoms with E-state index in [1.165, 1.54) is 37.2 Å². The minimum absolute atomic E-state index is 0.131. The van der Waals surface area contributed by atoms with Crippen molar-refractivity contribution in [2.24, 2.45) is 0 Å². The number of carbonyl (C=O) groups is 2. The highest BCUT2D eigenvalue weighted by Gasteiger charge is 2.15. The molecule has 1 heterocycles. The van der Waals surface area contributed by atoms with Crippen molar-refractivity contribution in [3.05, 3.63) is 53.2 Å². The number of hydrogen-bond acceptors (Lipinski definition) is 5. The lowest BCUT2D eigenvalue weighted by molar-refractivity contribution is 0.0698. The number of nitriles is 1. The Morgan fingerprint density at radius 2 is 2.08 bits per heavy atom. The summed E-state index contributed by atoms with van der Waals surface area (Å²) in [6.45, 7) is 2.15. The van der Waals surface area contributed by atoms with E-state index in [-0.39, 0.29) is 16.8 Å². The second-order valence-electron chi connectivity index (χ2n) is 5.57. The maximum atomic E-state index is 12.3. The number of rotatable bonds is 8. The van der Waals surface area contributed by atoms with Gasteiger partial charge < -0.3 is 10.4 Å². The van der Waals surface area contributed by atoms with Crippen LogP contribution in [0.3, 0.4) is 0 Å². The number of carbonyl (C=O) groups excluding carboxylic acids is 1. The zero-order chi connectivity index (χ0) is 18.9. The Bertz CT molecular complexity index is 829. The number of aromatic carboxylic acids is 1. The Labute approximate surface area is 156 Å². The quantitative estimate of drug-likeness (QED) is 0.534. The summed E-state index contributed by atoms with van der Waals surface area (Å²) in [5.74, 6) is -0.679. The SMILES string of the molecule is CCCCCSc1ccc(C(=O)Nc2ccc(C#N)cc2C(=O)O)cn1. The fraction of sp³-hybridized carbons (Fsp3) is 0.263. The van der Waals surface area contributed by atoms with Crippen LogP contribution in [0.1, 0.15) is 52.5 Å². The van der Waals surface area contributed by atoms with Crippen LogP contribution in [-0.4, -0.2) is 27.7 Å². The van der Waals surface area contributed by atoms with E-state index >= 15 is 0 Å². The monoisotopic (exact) mass is 369 g/mol. The van der Waals surface area contributed by atoms with Crippen molar-refractivity contribution < 1.29 is 14.7 Å². The largest absolute Gasteiger partial charge is 0.478 e. The summed E-state index contributed by atoms with van der Waals surface area (Å²) in [5, 5.41) is 21.5. The minimum atomic E-state index is -1.21. The molecule has 26 heavy (non-hydrogen) atoms. The zero-order valence-electron chi connectivity index (χ0n) is 14.4. The van der Waals surface area contributed by atoms with Gasteiger partial charge in [0.1, 0.15) is 0 Å². The Morgan fingerprint density at radius 3 is 2.69 bits per heavy atom. The molecule has 6 nitrogen and oxygen atoms in total. The third-order valence-corrected chi connectivity index (χ3v) is 4.65. The lowest BCUT2D eigenvalue weighted by Crippen LogP contribution is -2.15. The first-order valence-corrected chi connectivity index (χ1v) is 9.21. The first-order valence-electron chi connectivity index (χ1n) is 8.22. The van der Waals surface area contributed by atoms with E-state index < -0.39 is 11.9 Å². The third kappa shape index (κ3) is 5.33. The van der Waals surface area contributed by atoms with Crippen LogP contribution in [0.15, 0.2) is 41.6 Å². The highest BCUT2D eigenvalue weighted by molar-refractivity contribution is 7.99. The molecule has 0 bridgehead atoms. The molecular weight excluding hydrogens is 350 g/mol. The molecule has 0 aliphatic carbocycles. The lowest BCUT2D eigenvalue weighted by Gasteiger charge is -2.09. The Balaban J connectivity index is 2.06. The molecule has 134 valence electrons. The van der Waals surface area contributed by atoms with E-state index in [2.05, 4.69) is 17.2 Å². The number of amides is 1. The number of hydrogen-bond donors (Lipinski definition) is 2. The van der Waals surface area contributed by atoms with Gasteiger partial charge in [-0.1, -0.05) is 19.8 Å². The molecule has 2 N–H and O–H groups in total. The standard InChI is InChI=1S/C19H19N3O3S/c1-2-3-4-9-26-17-8-6-14(12-21-17)18(23)22-16-7-5-13(11-20)10-15(16)19(24)25/h5-8,10,12H,2-4,9H2,1H3,(H,22,23)(H,24,25). The van der Waals surface area contributed by atoms with Crippen molar-refractivity contribution in [2.45, 2.75) is 31.2 Å². The number of carboxylic acids is 1. The van der Waals surface area contributed by atoms with Crippen molar-refractivity contribution >= 4 is 29.3 Å². The van der Waals surface area contributed by atoms with Crippen molar-refractivity contribution in [3.63, 3.8) is 0 Å². The molecule has 2 aromatic rings. The van der Waals surface area contributed by atoms with Crippen molar-refractivity contribution in [1.82, 2.24) is 4.98 Å². The van der Waals surface area contributed by atoms with Gasteiger partial charge >= 0.3 is 5.97 Å².